The smallest absolute Gasteiger partial charge is 0.254 e. The second kappa shape index (κ2) is 10.1. The second-order valence-electron chi connectivity index (χ2n) is 6.13. The number of halogens is 1. The number of hydrogen-bond acceptors (Lipinski definition) is 5. The van der Waals surface area contributed by atoms with Crippen molar-refractivity contribution in [1.29, 1.82) is 0 Å². The average Bonchev–Trinajstić information content (AvgIpc) is 2.68. The Morgan fingerprint density at radius 1 is 1.22 bits per heavy atom. The summed E-state index contributed by atoms with van der Waals surface area (Å²) in [6.45, 7) is 3.57. The van der Waals surface area contributed by atoms with E-state index in [4.69, 9.17) is 21.1 Å². The number of nitrogens with zero attached hydrogens (tertiary/aromatic N) is 2. The van der Waals surface area contributed by atoms with E-state index in [1.54, 1.807) is 6.21 Å². The van der Waals surface area contributed by atoms with Crippen LogP contribution in [0.25, 0.3) is 0 Å². The van der Waals surface area contributed by atoms with Crippen molar-refractivity contribution < 1.29 is 14.3 Å². The van der Waals surface area contributed by atoms with E-state index in [1.807, 2.05) is 53.4 Å². The van der Waals surface area contributed by atoms with Gasteiger partial charge in [-0.2, -0.15) is 5.10 Å². The Morgan fingerprint density at radius 3 is 2.85 bits per heavy atom. The number of amides is 1. The van der Waals surface area contributed by atoms with Crippen molar-refractivity contribution in [3.8, 4) is 5.75 Å². The third-order valence-electron chi connectivity index (χ3n) is 4.08. The third-order valence-corrected chi connectivity index (χ3v) is 4.45. The summed E-state index contributed by atoms with van der Waals surface area (Å²) in [4.78, 5) is 14.0. The van der Waals surface area contributed by atoms with E-state index in [-0.39, 0.29) is 5.91 Å². The fraction of sp³-hybridized carbons (Fsp3) is 0.300. The minimum atomic E-state index is -0.140. The van der Waals surface area contributed by atoms with Crippen LogP contribution in [0.5, 0.6) is 5.75 Å². The number of hydrazone groups is 1. The summed E-state index contributed by atoms with van der Waals surface area (Å²) in [7, 11) is 0. The molecule has 1 aliphatic rings. The summed E-state index contributed by atoms with van der Waals surface area (Å²) in [5.74, 6) is 0.567. The van der Waals surface area contributed by atoms with Crippen LogP contribution in [0.2, 0.25) is 5.02 Å². The highest BCUT2D eigenvalue weighted by Crippen LogP contribution is 2.19. The van der Waals surface area contributed by atoms with Crippen LogP contribution in [0.1, 0.15) is 11.1 Å². The molecule has 1 saturated heterocycles. The number of rotatable bonds is 7. The Hall–Kier alpha value is -2.41. The predicted molar refractivity (Wildman–Crippen MR) is 105 cm³/mol. The highest BCUT2D eigenvalue weighted by atomic mass is 35.5. The van der Waals surface area contributed by atoms with Gasteiger partial charge in [-0.3, -0.25) is 9.69 Å². The van der Waals surface area contributed by atoms with Crippen LogP contribution >= 0.6 is 11.6 Å². The number of benzene rings is 2. The average molecular weight is 388 g/mol. The predicted octanol–water partition coefficient (Wildman–Crippen LogP) is 2.70. The van der Waals surface area contributed by atoms with Crippen LogP contribution < -0.4 is 10.2 Å². The van der Waals surface area contributed by atoms with Gasteiger partial charge in [0.05, 0.1) is 26.0 Å². The summed E-state index contributed by atoms with van der Waals surface area (Å²) in [5.41, 5.74) is 4.31. The molecular weight excluding hydrogens is 366 g/mol. The van der Waals surface area contributed by atoms with E-state index in [1.165, 1.54) is 0 Å². The van der Waals surface area contributed by atoms with Gasteiger partial charge in [0.1, 0.15) is 12.4 Å². The third kappa shape index (κ3) is 6.36. The van der Waals surface area contributed by atoms with Crippen LogP contribution in [0, 0.1) is 0 Å². The van der Waals surface area contributed by atoms with Gasteiger partial charge in [0.2, 0.25) is 0 Å². The van der Waals surface area contributed by atoms with E-state index in [0.29, 0.717) is 37.1 Å². The molecule has 2 aromatic rings. The number of ether oxygens (including phenoxy) is 2. The van der Waals surface area contributed by atoms with Gasteiger partial charge < -0.3 is 9.47 Å². The summed E-state index contributed by atoms with van der Waals surface area (Å²) in [6.07, 6.45) is 1.60. The van der Waals surface area contributed by atoms with E-state index in [9.17, 15) is 4.79 Å². The van der Waals surface area contributed by atoms with Gasteiger partial charge in [-0.25, -0.2) is 5.43 Å². The molecule has 1 fully saturated rings. The van der Waals surface area contributed by atoms with Gasteiger partial charge in [-0.1, -0.05) is 41.9 Å². The molecular formula is C20H22ClN3O3. The Kier molecular flexibility index (Phi) is 7.21. The normalized spacial score (nSPS) is 15.0. The highest BCUT2D eigenvalue weighted by Gasteiger charge is 2.13. The molecule has 0 radical (unpaired) electrons. The number of hydrogen-bond donors (Lipinski definition) is 1. The first-order valence-corrected chi connectivity index (χ1v) is 9.17. The quantitative estimate of drug-likeness (QED) is 0.586. The standard InChI is InChI=1S/C20H22ClN3O3/c21-19-7-2-1-5-17(19)15-27-18-6-3-4-16(12-18)13-22-23-20(25)14-24-8-10-26-11-9-24/h1-7,12-13H,8-11,14-15H2,(H,23,25)/b22-13-. The zero-order chi connectivity index (χ0) is 18.9. The van der Waals surface area contributed by atoms with Crippen LogP contribution in [-0.4, -0.2) is 49.9 Å². The molecule has 27 heavy (non-hydrogen) atoms. The molecule has 0 saturated carbocycles. The van der Waals surface area contributed by atoms with Gasteiger partial charge in [0.15, 0.2) is 0 Å². The van der Waals surface area contributed by atoms with Crippen molar-refractivity contribution in [1.82, 2.24) is 10.3 Å². The van der Waals surface area contributed by atoms with Crippen molar-refractivity contribution in [3.05, 3.63) is 64.7 Å². The van der Waals surface area contributed by atoms with E-state index in [0.717, 1.165) is 24.2 Å². The molecule has 1 aliphatic heterocycles. The number of nitrogens with one attached hydrogen (secondary N) is 1. The minimum absolute atomic E-state index is 0.140. The summed E-state index contributed by atoms with van der Waals surface area (Å²) in [5, 5.41) is 4.70. The molecule has 0 aromatic heterocycles. The zero-order valence-corrected chi connectivity index (χ0v) is 15.7. The van der Waals surface area contributed by atoms with Gasteiger partial charge >= 0.3 is 0 Å². The first-order valence-electron chi connectivity index (χ1n) is 8.79. The van der Waals surface area contributed by atoms with Gasteiger partial charge in [0.25, 0.3) is 5.91 Å². The molecule has 1 heterocycles. The molecule has 142 valence electrons. The van der Waals surface area contributed by atoms with Crippen LogP contribution in [-0.2, 0) is 16.1 Å². The lowest BCUT2D eigenvalue weighted by molar-refractivity contribution is -0.123. The molecule has 2 aromatic carbocycles. The molecule has 1 amide bonds. The number of morpholine rings is 1. The zero-order valence-electron chi connectivity index (χ0n) is 14.9. The molecule has 0 bridgehead atoms. The fourth-order valence-corrected chi connectivity index (χ4v) is 2.83. The first kappa shape index (κ1) is 19.4. The van der Waals surface area contributed by atoms with Crippen LogP contribution in [0.15, 0.2) is 53.6 Å². The monoisotopic (exact) mass is 387 g/mol. The van der Waals surface area contributed by atoms with E-state index >= 15 is 0 Å². The van der Waals surface area contributed by atoms with Crippen molar-refractivity contribution in [2.45, 2.75) is 6.61 Å². The molecule has 0 unspecified atom stereocenters. The molecule has 6 nitrogen and oxygen atoms in total. The molecule has 0 aliphatic carbocycles. The van der Waals surface area contributed by atoms with Crippen molar-refractivity contribution >= 4 is 23.7 Å². The molecule has 3 rings (SSSR count). The van der Waals surface area contributed by atoms with Gasteiger partial charge in [0, 0.05) is 23.7 Å². The first-order chi connectivity index (χ1) is 13.2. The maximum Gasteiger partial charge on any atom is 0.254 e. The summed E-state index contributed by atoms with van der Waals surface area (Å²) >= 11 is 6.14. The maximum absolute atomic E-state index is 11.9. The summed E-state index contributed by atoms with van der Waals surface area (Å²) in [6, 6.07) is 15.1. The number of carbonyl (C=O) groups is 1. The Morgan fingerprint density at radius 2 is 2.04 bits per heavy atom. The molecule has 0 atom stereocenters. The van der Waals surface area contributed by atoms with E-state index in [2.05, 4.69) is 10.5 Å². The molecule has 7 heteroatoms. The number of carbonyl (C=O) groups excluding carboxylic acids is 1. The maximum atomic E-state index is 11.9. The fourth-order valence-electron chi connectivity index (χ4n) is 2.64. The Labute approximate surface area is 163 Å². The van der Waals surface area contributed by atoms with Crippen molar-refractivity contribution in [2.75, 3.05) is 32.8 Å². The second-order valence-corrected chi connectivity index (χ2v) is 6.54. The van der Waals surface area contributed by atoms with Crippen LogP contribution in [0.4, 0.5) is 0 Å². The van der Waals surface area contributed by atoms with Crippen LogP contribution in [0.3, 0.4) is 0 Å². The minimum Gasteiger partial charge on any atom is -0.489 e. The summed E-state index contributed by atoms with van der Waals surface area (Å²) < 4.78 is 11.1. The lowest BCUT2D eigenvalue weighted by Crippen LogP contribution is -2.42. The molecule has 0 spiro atoms. The van der Waals surface area contributed by atoms with E-state index < -0.39 is 0 Å². The largest absolute Gasteiger partial charge is 0.489 e. The highest BCUT2D eigenvalue weighted by molar-refractivity contribution is 6.31. The topological polar surface area (TPSA) is 63.2 Å². The Balaban J connectivity index is 1.48. The lowest BCUT2D eigenvalue weighted by atomic mass is 10.2. The van der Waals surface area contributed by atoms with Gasteiger partial charge in [-0.15, -0.1) is 0 Å². The van der Waals surface area contributed by atoms with Crippen molar-refractivity contribution in [2.24, 2.45) is 5.10 Å². The van der Waals surface area contributed by atoms with Gasteiger partial charge in [-0.05, 0) is 23.8 Å². The molecule has 1 N–H and O–H groups in total. The lowest BCUT2D eigenvalue weighted by Gasteiger charge is -2.25. The Bertz CT molecular complexity index is 792. The SMILES string of the molecule is O=C(CN1CCOCC1)N/N=C\c1cccc(OCc2ccccc2Cl)c1. The van der Waals surface area contributed by atoms with Crippen molar-refractivity contribution in [3.63, 3.8) is 0 Å².